The van der Waals surface area contributed by atoms with Gasteiger partial charge in [-0.1, -0.05) is 46.5 Å². The summed E-state index contributed by atoms with van der Waals surface area (Å²) in [4.78, 5) is 24.0. The summed E-state index contributed by atoms with van der Waals surface area (Å²) < 4.78 is 10.4. The number of hydrogen-bond donors (Lipinski definition) is 0. The predicted molar refractivity (Wildman–Crippen MR) is 88.5 cm³/mol. The third-order valence-corrected chi connectivity index (χ3v) is 3.66. The molecule has 0 spiro atoms. The van der Waals surface area contributed by atoms with Crippen LogP contribution in [0.3, 0.4) is 0 Å². The fraction of sp³-hybridized carbons (Fsp3) is 0.889. The van der Waals surface area contributed by atoms with Crippen molar-refractivity contribution in [2.75, 3.05) is 13.2 Å². The van der Waals surface area contributed by atoms with Gasteiger partial charge in [-0.05, 0) is 39.0 Å². The first kappa shape index (κ1) is 20.9. The van der Waals surface area contributed by atoms with Gasteiger partial charge in [-0.2, -0.15) is 0 Å². The SMILES string of the molecule is CCCCCCCOC(=O)C(C)(C)C(=O)OCCCC(C)C. The van der Waals surface area contributed by atoms with Crippen LogP contribution in [0, 0.1) is 11.3 Å². The Morgan fingerprint density at radius 2 is 1.36 bits per heavy atom. The fourth-order valence-corrected chi connectivity index (χ4v) is 1.97. The van der Waals surface area contributed by atoms with Crippen LogP contribution >= 0.6 is 0 Å². The lowest BCUT2D eigenvalue weighted by Crippen LogP contribution is -2.37. The number of ether oxygens (including phenoxy) is 2. The number of esters is 2. The number of carbonyl (C=O) groups is 2. The summed E-state index contributed by atoms with van der Waals surface area (Å²) in [6.07, 6.45) is 7.31. The molecule has 22 heavy (non-hydrogen) atoms. The monoisotopic (exact) mass is 314 g/mol. The second kappa shape index (κ2) is 11.5. The summed E-state index contributed by atoms with van der Waals surface area (Å²) in [6, 6.07) is 0. The van der Waals surface area contributed by atoms with Crippen LogP contribution in [0.4, 0.5) is 0 Å². The molecule has 0 N–H and O–H groups in total. The normalized spacial score (nSPS) is 11.5. The molecule has 0 heterocycles. The third kappa shape index (κ3) is 9.06. The molecule has 0 amide bonds. The van der Waals surface area contributed by atoms with Crippen molar-refractivity contribution in [2.45, 2.75) is 79.6 Å². The summed E-state index contributed by atoms with van der Waals surface area (Å²) in [5, 5.41) is 0. The van der Waals surface area contributed by atoms with Crippen molar-refractivity contribution in [3.8, 4) is 0 Å². The molecule has 0 aliphatic rings. The van der Waals surface area contributed by atoms with Gasteiger partial charge in [0.15, 0.2) is 5.41 Å². The maximum atomic E-state index is 12.0. The Kier molecular flexibility index (Phi) is 10.9. The minimum atomic E-state index is -1.22. The highest BCUT2D eigenvalue weighted by Gasteiger charge is 2.39. The third-order valence-electron chi connectivity index (χ3n) is 3.66. The lowest BCUT2D eigenvalue weighted by Gasteiger charge is -2.21. The maximum Gasteiger partial charge on any atom is 0.322 e. The van der Waals surface area contributed by atoms with Crippen LogP contribution < -0.4 is 0 Å². The Bertz CT molecular complexity index is 321. The summed E-state index contributed by atoms with van der Waals surface area (Å²) in [5.74, 6) is -0.395. The molecule has 0 aliphatic carbocycles. The lowest BCUT2D eigenvalue weighted by atomic mass is 9.94. The van der Waals surface area contributed by atoms with E-state index < -0.39 is 17.4 Å². The molecule has 4 heteroatoms. The molecule has 0 saturated carbocycles. The van der Waals surface area contributed by atoms with E-state index >= 15 is 0 Å². The molecular weight excluding hydrogens is 280 g/mol. The molecule has 0 rings (SSSR count). The molecule has 0 aliphatic heterocycles. The van der Waals surface area contributed by atoms with Gasteiger partial charge in [-0.25, -0.2) is 0 Å². The van der Waals surface area contributed by atoms with Gasteiger partial charge < -0.3 is 9.47 Å². The molecule has 0 fully saturated rings. The van der Waals surface area contributed by atoms with E-state index in [9.17, 15) is 9.59 Å². The average Bonchev–Trinajstić information content (AvgIpc) is 2.46. The summed E-state index contributed by atoms with van der Waals surface area (Å²) >= 11 is 0. The van der Waals surface area contributed by atoms with Gasteiger partial charge in [0, 0.05) is 0 Å². The van der Waals surface area contributed by atoms with Crippen molar-refractivity contribution in [1.82, 2.24) is 0 Å². The lowest BCUT2D eigenvalue weighted by molar-refractivity contribution is -0.170. The minimum Gasteiger partial charge on any atom is -0.465 e. The first-order valence-corrected chi connectivity index (χ1v) is 8.66. The van der Waals surface area contributed by atoms with Crippen LogP contribution in [-0.4, -0.2) is 25.2 Å². The second-order valence-electron chi connectivity index (χ2n) is 6.85. The molecule has 0 aromatic rings. The van der Waals surface area contributed by atoms with Gasteiger partial charge in [-0.15, -0.1) is 0 Å². The Morgan fingerprint density at radius 3 is 1.86 bits per heavy atom. The maximum absolute atomic E-state index is 12.0. The Balaban J connectivity index is 3.96. The minimum absolute atomic E-state index is 0.366. The van der Waals surface area contributed by atoms with E-state index in [1.165, 1.54) is 12.8 Å². The highest BCUT2D eigenvalue weighted by molar-refractivity contribution is 5.99. The predicted octanol–water partition coefficient (Wildman–Crippen LogP) is 4.51. The van der Waals surface area contributed by atoms with E-state index in [4.69, 9.17) is 9.47 Å². The van der Waals surface area contributed by atoms with E-state index in [1.54, 1.807) is 13.8 Å². The zero-order valence-electron chi connectivity index (χ0n) is 15.1. The van der Waals surface area contributed by atoms with Crippen molar-refractivity contribution < 1.29 is 19.1 Å². The molecule has 130 valence electrons. The number of carbonyl (C=O) groups excluding carboxylic acids is 2. The van der Waals surface area contributed by atoms with Gasteiger partial charge in [0.2, 0.25) is 0 Å². The van der Waals surface area contributed by atoms with E-state index in [2.05, 4.69) is 20.8 Å². The van der Waals surface area contributed by atoms with Crippen molar-refractivity contribution in [2.24, 2.45) is 11.3 Å². The smallest absolute Gasteiger partial charge is 0.322 e. The molecular formula is C18H34O4. The molecule has 0 atom stereocenters. The first-order chi connectivity index (χ1) is 10.3. The topological polar surface area (TPSA) is 52.6 Å². The molecule has 4 nitrogen and oxygen atoms in total. The molecule has 0 aromatic carbocycles. The summed E-state index contributed by atoms with van der Waals surface area (Å²) in [7, 11) is 0. The van der Waals surface area contributed by atoms with E-state index in [0.717, 1.165) is 32.1 Å². The van der Waals surface area contributed by atoms with Crippen molar-refractivity contribution >= 4 is 11.9 Å². The highest BCUT2D eigenvalue weighted by Crippen LogP contribution is 2.20. The van der Waals surface area contributed by atoms with Crippen LogP contribution in [0.5, 0.6) is 0 Å². The summed E-state index contributed by atoms with van der Waals surface area (Å²) in [6.45, 7) is 10.3. The molecule has 0 saturated heterocycles. The first-order valence-electron chi connectivity index (χ1n) is 8.66. The van der Waals surface area contributed by atoms with Crippen molar-refractivity contribution in [3.63, 3.8) is 0 Å². The van der Waals surface area contributed by atoms with Crippen LogP contribution in [0.1, 0.15) is 79.6 Å². The van der Waals surface area contributed by atoms with Crippen molar-refractivity contribution in [3.05, 3.63) is 0 Å². The van der Waals surface area contributed by atoms with Crippen LogP contribution in [0.2, 0.25) is 0 Å². The Hall–Kier alpha value is -1.06. The highest BCUT2D eigenvalue weighted by atomic mass is 16.6. The van der Waals surface area contributed by atoms with Gasteiger partial charge in [-0.3, -0.25) is 9.59 Å². The number of rotatable bonds is 12. The Labute approximate surface area is 135 Å². The zero-order valence-corrected chi connectivity index (χ0v) is 15.1. The number of hydrogen-bond acceptors (Lipinski definition) is 4. The van der Waals surface area contributed by atoms with Crippen LogP contribution in [0.15, 0.2) is 0 Å². The van der Waals surface area contributed by atoms with Gasteiger partial charge in [0.05, 0.1) is 13.2 Å². The molecule has 0 radical (unpaired) electrons. The largest absolute Gasteiger partial charge is 0.465 e. The van der Waals surface area contributed by atoms with Crippen LogP contribution in [0.25, 0.3) is 0 Å². The molecule has 0 aromatic heterocycles. The van der Waals surface area contributed by atoms with E-state index in [0.29, 0.717) is 19.1 Å². The second-order valence-corrected chi connectivity index (χ2v) is 6.85. The van der Waals surface area contributed by atoms with Gasteiger partial charge >= 0.3 is 11.9 Å². The molecule has 0 bridgehead atoms. The standard InChI is InChI=1S/C18H34O4/c1-6-7-8-9-10-13-21-16(19)18(4,5)17(20)22-14-11-12-15(2)3/h15H,6-14H2,1-5H3. The summed E-state index contributed by atoms with van der Waals surface area (Å²) in [5.41, 5.74) is -1.22. The van der Waals surface area contributed by atoms with Crippen LogP contribution in [-0.2, 0) is 19.1 Å². The fourth-order valence-electron chi connectivity index (χ4n) is 1.97. The van der Waals surface area contributed by atoms with E-state index in [-0.39, 0.29) is 0 Å². The van der Waals surface area contributed by atoms with Gasteiger partial charge in [0.25, 0.3) is 0 Å². The number of unbranched alkanes of at least 4 members (excludes halogenated alkanes) is 4. The quantitative estimate of drug-likeness (QED) is 0.302. The van der Waals surface area contributed by atoms with Crippen molar-refractivity contribution in [1.29, 1.82) is 0 Å². The average molecular weight is 314 g/mol. The molecule has 0 unspecified atom stereocenters. The van der Waals surface area contributed by atoms with E-state index in [1.807, 2.05) is 0 Å². The Morgan fingerprint density at radius 1 is 0.864 bits per heavy atom. The zero-order chi connectivity index (χ0) is 17.0. The van der Waals surface area contributed by atoms with Gasteiger partial charge in [0.1, 0.15) is 0 Å².